The maximum absolute atomic E-state index is 12.8. The molecule has 0 unspecified atom stereocenters. The summed E-state index contributed by atoms with van der Waals surface area (Å²) in [5, 5.41) is 9.43. The molecule has 6 rings (SSSR count). The van der Waals surface area contributed by atoms with E-state index in [2.05, 4.69) is 10.4 Å². The van der Waals surface area contributed by atoms with E-state index in [0.29, 0.717) is 42.9 Å². The fourth-order valence-corrected chi connectivity index (χ4v) is 5.86. The number of rotatable bonds is 7. The molecule has 5 heterocycles. The largest absolute Gasteiger partial charge is 0.470 e. The van der Waals surface area contributed by atoms with Gasteiger partial charge in [0.25, 0.3) is 5.91 Å². The summed E-state index contributed by atoms with van der Waals surface area (Å²) < 4.78 is 15.6. The van der Waals surface area contributed by atoms with Crippen molar-refractivity contribution in [3.05, 3.63) is 52.4 Å². The molecule has 0 aromatic carbocycles. The number of carbonyl (C=O) groups is 1. The SMILES string of the molecule is Cn1cc(-n2ccc3nc(Cc4cc(C(=O)NC5CCCCC5)cs4)nc(O[C@H]4CCOC4)c32)cn1. The number of hydrogen-bond donors (Lipinski definition) is 1. The van der Waals surface area contributed by atoms with Crippen LogP contribution >= 0.6 is 11.3 Å². The summed E-state index contributed by atoms with van der Waals surface area (Å²) >= 11 is 1.57. The Morgan fingerprint density at radius 2 is 2.14 bits per heavy atom. The summed E-state index contributed by atoms with van der Waals surface area (Å²) in [6, 6.07) is 4.23. The molecule has 1 saturated carbocycles. The number of thiophene rings is 1. The van der Waals surface area contributed by atoms with Crippen LogP contribution in [0.4, 0.5) is 0 Å². The van der Waals surface area contributed by atoms with E-state index in [1.165, 1.54) is 19.3 Å². The van der Waals surface area contributed by atoms with Gasteiger partial charge in [-0.05, 0) is 25.0 Å². The second kappa shape index (κ2) is 10.0. The van der Waals surface area contributed by atoms with E-state index in [0.717, 1.165) is 40.9 Å². The van der Waals surface area contributed by atoms with Crippen LogP contribution in [0.25, 0.3) is 16.7 Å². The lowest BCUT2D eigenvalue weighted by atomic mass is 9.95. The van der Waals surface area contributed by atoms with E-state index in [4.69, 9.17) is 19.4 Å². The van der Waals surface area contributed by atoms with Crippen LogP contribution in [0.2, 0.25) is 0 Å². The van der Waals surface area contributed by atoms with Crippen LogP contribution in [-0.2, 0) is 18.2 Å². The Kier molecular flexibility index (Phi) is 6.45. The number of nitrogens with one attached hydrogen (secondary N) is 1. The van der Waals surface area contributed by atoms with E-state index in [-0.39, 0.29) is 12.0 Å². The van der Waals surface area contributed by atoms with E-state index in [9.17, 15) is 4.79 Å². The number of aromatic nitrogens is 5. The van der Waals surface area contributed by atoms with Crippen molar-refractivity contribution >= 4 is 28.3 Å². The molecule has 2 aliphatic rings. The zero-order valence-electron chi connectivity index (χ0n) is 20.4. The zero-order valence-corrected chi connectivity index (χ0v) is 21.2. The number of hydrogen-bond acceptors (Lipinski definition) is 7. The van der Waals surface area contributed by atoms with Gasteiger partial charge >= 0.3 is 0 Å². The molecule has 1 atom stereocenters. The average Bonchev–Trinajstić information content (AvgIpc) is 3.67. The van der Waals surface area contributed by atoms with E-state index in [1.54, 1.807) is 22.2 Å². The molecule has 36 heavy (non-hydrogen) atoms. The van der Waals surface area contributed by atoms with Crippen LogP contribution in [0, 0.1) is 0 Å². The molecule has 1 amide bonds. The van der Waals surface area contributed by atoms with Gasteiger partial charge in [0.1, 0.15) is 17.4 Å². The predicted molar refractivity (Wildman–Crippen MR) is 137 cm³/mol. The molecule has 1 N–H and O–H groups in total. The second-order valence-electron chi connectivity index (χ2n) is 9.63. The maximum Gasteiger partial charge on any atom is 0.252 e. The number of amides is 1. The smallest absolute Gasteiger partial charge is 0.252 e. The van der Waals surface area contributed by atoms with Gasteiger partial charge in [-0.15, -0.1) is 11.3 Å². The van der Waals surface area contributed by atoms with Crippen LogP contribution in [0.1, 0.15) is 59.6 Å². The lowest BCUT2D eigenvalue weighted by Gasteiger charge is -2.22. The number of fused-ring (bicyclic) bond motifs is 1. The second-order valence-corrected chi connectivity index (χ2v) is 10.6. The molecule has 10 heteroatoms. The average molecular weight is 507 g/mol. The number of aryl methyl sites for hydroxylation is 1. The Labute approximate surface area is 213 Å². The molecule has 188 valence electrons. The quantitative estimate of drug-likeness (QED) is 0.407. The molecule has 2 fully saturated rings. The monoisotopic (exact) mass is 506 g/mol. The molecule has 4 aromatic rings. The van der Waals surface area contributed by atoms with Crippen LogP contribution in [0.3, 0.4) is 0 Å². The molecule has 4 aromatic heterocycles. The molecular weight excluding hydrogens is 476 g/mol. The maximum atomic E-state index is 12.8. The van der Waals surface area contributed by atoms with Crippen molar-refractivity contribution in [1.29, 1.82) is 0 Å². The van der Waals surface area contributed by atoms with Crippen molar-refractivity contribution < 1.29 is 14.3 Å². The Morgan fingerprint density at radius 3 is 2.92 bits per heavy atom. The van der Waals surface area contributed by atoms with Crippen LogP contribution in [0.5, 0.6) is 5.88 Å². The van der Waals surface area contributed by atoms with Gasteiger partial charge in [-0.25, -0.2) is 4.98 Å². The molecule has 1 aliphatic heterocycles. The van der Waals surface area contributed by atoms with Crippen LogP contribution in [0.15, 0.2) is 36.1 Å². The Bertz CT molecular complexity index is 1360. The predicted octanol–water partition coefficient (Wildman–Crippen LogP) is 4.04. The third kappa shape index (κ3) is 4.87. The van der Waals surface area contributed by atoms with Crippen molar-refractivity contribution in [2.24, 2.45) is 7.05 Å². The summed E-state index contributed by atoms with van der Waals surface area (Å²) in [5.41, 5.74) is 3.26. The fraction of sp³-hybridized carbons (Fsp3) is 0.462. The van der Waals surface area contributed by atoms with Gasteiger partial charge in [0.15, 0.2) is 0 Å². The molecular formula is C26H30N6O3S. The zero-order chi connectivity index (χ0) is 24.5. The van der Waals surface area contributed by atoms with Crippen molar-refractivity contribution in [2.75, 3.05) is 13.2 Å². The van der Waals surface area contributed by atoms with Gasteiger partial charge in [-0.3, -0.25) is 9.48 Å². The minimum Gasteiger partial charge on any atom is -0.470 e. The summed E-state index contributed by atoms with van der Waals surface area (Å²) in [5.74, 6) is 1.23. The lowest BCUT2D eigenvalue weighted by Crippen LogP contribution is -2.35. The Balaban J connectivity index is 1.26. The summed E-state index contributed by atoms with van der Waals surface area (Å²) in [6.45, 7) is 1.25. The molecule has 0 spiro atoms. The Hall–Kier alpha value is -3.24. The first kappa shape index (κ1) is 23.2. The number of nitrogens with zero attached hydrogens (tertiary/aromatic N) is 5. The molecule has 1 saturated heterocycles. The normalized spacial score (nSPS) is 18.6. The minimum atomic E-state index is -0.0370. The third-order valence-electron chi connectivity index (χ3n) is 6.87. The lowest BCUT2D eigenvalue weighted by molar-refractivity contribution is 0.0928. The van der Waals surface area contributed by atoms with Gasteiger partial charge < -0.3 is 19.4 Å². The fourth-order valence-electron chi connectivity index (χ4n) is 5.00. The van der Waals surface area contributed by atoms with Crippen molar-refractivity contribution in [1.82, 2.24) is 29.6 Å². The van der Waals surface area contributed by atoms with Crippen molar-refractivity contribution in [3.63, 3.8) is 0 Å². The molecule has 0 bridgehead atoms. The van der Waals surface area contributed by atoms with E-state index < -0.39 is 0 Å². The van der Waals surface area contributed by atoms with Gasteiger partial charge in [0.05, 0.1) is 36.2 Å². The van der Waals surface area contributed by atoms with Gasteiger partial charge in [-0.2, -0.15) is 10.1 Å². The summed E-state index contributed by atoms with van der Waals surface area (Å²) in [4.78, 5) is 23.5. The highest BCUT2D eigenvalue weighted by molar-refractivity contribution is 7.10. The molecule has 9 nitrogen and oxygen atoms in total. The van der Waals surface area contributed by atoms with Crippen molar-refractivity contribution in [2.45, 2.75) is 57.1 Å². The standard InChI is InChI=1S/C26H30N6O3S/c1-31-14-19(13-27-31)32-9-7-22-24(32)26(35-20-8-10-34-15-20)30-23(29-22)12-21-11-17(16-36-21)25(33)28-18-5-3-2-4-6-18/h7,9,11,13-14,16,18,20H,2-6,8,10,12,15H2,1H3,(H,28,33)/t20-/m0/s1. The van der Waals surface area contributed by atoms with Gasteiger partial charge in [0.2, 0.25) is 5.88 Å². The summed E-state index contributed by atoms with van der Waals surface area (Å²) in [6.07, 6.45) is 12.9. The van der Waals surface area contributed by atoms with Crippen LogP contribution < -0.4 is 10.1 Å². The van der Waals surface area contributed by atoms with E-state index in [1.807, 2.05) is 41.5 Å². The third-order valence-corrected chi connectivity index (χ3v) is 7.81. The number of carbonyl (C=O) groups excluding carboxylic acids is 1. The van der Waals surface area contributed by atoms with Gasteiger partial charge in [0, 0.05) is 48.6 Å². The van der Waals surface area contributed by atoms with Gasteiger partial charge in [-0.1, -0.05) is 19.3 Å². The molecule has 0 radical (unpaired) electrons. The van der Waals surface area contributed by atoms with E-state index >= 15 is 0 Å². The first-order valence-electron chi connectivity index (χ1n) is 12.6. The van der Waals surface area contributed by atoms with Crippen molar-refractivity contribution in [3.8, 4) is 11.6 Å². The summed E-state index contributed by atoms with van der Waals surface area (Å²) in [7, 11) is 1.89. The highest BCUT2D eigenvalue weighted by Crippen LogP contribution is 2.30. The minimum absolute atomic E-state index is 0.0135. The number of ether oxygens (including phenoxy) is 2. The highest BCUT2D eigenvalue weighted by atomic mass is 32.1. The topological polar surface area (TPSA) is 96.1 Å². The van der Waals surface area contributed by atoms with Crippen LogP contribution in [-0.4, -0.2) is 55.6 Å². The first-order valence-corrected chi connectivity index (χ1v) is 13.5. The highest BCUT2D eigenvalue weighted by Gasteiger charge is 2.23. The molecule has 1 aliphatic carbocycles. The first-order chi connectivity index (χ1) is 17.6. The Morgan fingerprint density at radius 1 is 1.25 bits per heavy atom.